The summed E-state index contributed by atoms with van der Waals surface area (Å²) in [5.74, 6) is -0.387. The number of carboxylic acid groups (broad SMARTS) is 1. The van der Waals surface area contributed by atoms with Crippen LogP contribution in [0.5, 0.6) is 5.75 Å². The van der Waals surface area contributed by atoms with Crippen LogP contribution in [-0.4, -0.2) is 24.7 Å². The van der Waals surface area contributed by atoms with Gasteiger partial charge in [-0.15, -0.1) is 0 Å². The minimum atomic E-state index is -0.831. The molecule has 0 aliphatic carbocycles. The smallest absolute Gasteiger partial charge is 0.307 e. The van der Waals surface area contributed by atoms with E-state index in [1.807, 2.05) is 31.2 Å². The highest BCUT2D eigenvalue weighted by molar-refractivity contribution is 5.70. The quantitative estimate of drug-likeness (QED) is 0.792. The molecule has 17 heavy (non-hydrogen) atoms. The van der Waals surface area contributed by atoms with Gasteiger partial charge in [-0.25, -0.2) is 0 Å². The van der Waals surface area contributed by atoms with Crippen LogP contribution in [0, 0.1) is 5.92 Å². The van der Waals surface area contributed by atoms with Crippen LogP contribution in [0.1, 0.15) is 24.8 Å². The molecule has 0 saturated carbocycles. The van der Waals surface area contributed by atoms with E-state index in [0.29, 0.717) is 6.42 Å². The molecule has 0 aliphatic heterocycles. The molecule has 1 rings (SSSR count). The molecule has 2 unspecified atom stereocenters. The zero-order chi connectivity index (χ0) is 12.8. The maximum absolute atomic E-state index is 10.9. The van der Waals surface area contributed by atoms with Gasteiger partial charge >= 0.3 is 5.97 Å². The molecule has 0 saturated heterocycles. The SMILES string of the molecule is COc1cccc(C(C)CC(CN)C(=O)O)c1. The lowest BCUT2D eigenvalue weighted by atomic mass is 9.90. The van der Waals surface area contributed by atoms with Crippen molar-refractivity contribution in [1.29, 1.82) is 0 Å². The van der Waals surface area contributed by atoms with Crippen molar-refractivity contribution in [3.8, 4) is 5.75 Å². The number of carboxylic acids is 1. The average molecular weight is 237 g/mol. The summed E-state index contributed by atoms with van der Waals surface area (Å²) in [6.45, 7) is 2.17. The van der Waals surface area contributed by atoms with Gasteiger partial charge in [0.1, 0.15) is 5.75 Å². The summed E-state index contributed by atoms with van der Waals surface area (Å²) in [5.41, 5.74) is 6.52. The first kappa shape index (κ1) is 13.5. The van der Waals surface area contributed by atoms with E-state index in [1.165, 1.54) is 0 Å². The highest BCUT2D eigenvalue weighted by Gasteiger charge is 2.19. The Balaban J connectivity index is 2.74. The number of ether oxygens (including phenoxy) is 1. The molecule has 0 amide bonds. The van der Waals surface area contributed by atoms with Crippen LogP contribution in [-0.2, 0) is 4.79 Å². The normalized spacial score (nSPS) is 14.1. The Morgan fingerprint density at radius 1 is 1.53 bits per heavy atom. The number of hydrogen-bond acceptors (Lipinski definition) is 3. The Hall–Kier alpha value is -1.55. The minimum Gasteiger partial charge on any atom is -0.497 e. The molecule has 1 aromatic rings. The predicted molar refractivity (Wildman–Crippen MR) is 66.2 cm³/mol. The van der Waals surface area contributed by atoms with Gasteiger partial charge in [0.25, 0.3) is 0 Å². The number of carbonyl (C=O) groups is 1. The van der Waals surface area contributed by atoms with Gasteiger partial charge in [-0.3, -0.25) is 4.79 Å². The molecule has 1 aromatic carbocycles. The number of benzene rings is 1. The highest BCUT2D eigenvalue weighted by atomic mass is 16.5. The van der Waals surface area contributed by atoms with Crippen molar-refractivity contribution in [2.45, 2.75) is 19.3 Å². The number of aliphatic carboxylic acids is 1. The Labute approximate surface area is 101 Å². The Bertz CT molecular complexity index is 379. The lowest BCUT2D eigenvalue weighted by Gasteiger charge is -2.17. The highest BCUT2D eigenvalue weighted by Crippen LogP contribution is 2.26. The van der Waals surface area contributed by atoms with Crippen molar-refractivity contribution in [2.24, 2.45) is 11.7 Å². The largest absolute Gasteiger partial charge is 0.497 e. The number of rotatable bonds is 6. The molecule has 4 heteroatoms. The van der Waals surface area contributed by atoms with Gasteiger partial charge in [0.05, 0.1) is 13.0 Å². The molecule has 4 nitrogen and oxygen atoms in total. The van der Waals surface area contributed by atoms with Crippen molar-refractivity contribution >= 4 is 5.97 Å². The number of hydrogen-bond donors (Lipinski definition) is 2. The average Bonchev–Trinajstić information content (AvgIpc) is 2.35. The van der Waals surface area contributed by atoms with Crippen molar-refractivity contribution in [1.82, 2.24) is 0 Å². The third-order valence-corrected chi connectivity index (χ3v) is 2.93. The summed E-state index contributed by atoms with van der Waals surface area (Å²) in [6, 6.07) is 7.68. The van der Waals surface area contributed by atoms with E-state index in [1.54, 1.807) is 7.11 Å². The summed E-state index contributed by atoms with van der Waals surface area (Å²) >= 11 is 0. The Morgan fingerprint density at radius 3 is 2.76 bits per heavy atom. The maximum atomic E-state index is 10.9. The molecular weight excluding hydrogens is 218 g/mol. The first-order valence-electron chi connectivity index (χ1n) is 5.65. The molecule has 0 fully saturated rings. The van der Waals surface area contributed by atoms with Crippen LogP contribution in [0.15, 0.2) is 24.3 Å². The van der Waals surface area contributed by atoms with E-state index in [4.69, 9.17) is 15.6 Å². The fourth-order valence-electron chi connectivity index (χ4n) is 1.81. The van der Waals surface area contributed by atoms with Gasteiger partial charge in [0, 0.05) is 6.54 Å². The van der Waals surface area contributed by atoms with Crippen molar-refractivity contribution in [3.63, 3.8) is 0 Å². The third-order valence-electron chi connectivity index (χ3n) is 2.93. The summed E-state index contributed by atoms with van der Waals surface area (Å²) in [6.07, 6.45) is 0.541. The van der Waals surface area contributed by atoms with Crippen molar-refractivity contribution in [3.05, 3.63) is 29.8 Å². The standard InChI is InChI=1S/C13H19NO3/c1-9(6-11(8-14)13(15)16)10-4-3-5-12(7-10)17-2/h3-5,7,9,11H,6,8,14H2,1-2H3,(H,15,16). The first-order chi connectivity index (χ1) is 8.08. The monoisotopic (exact) mass is 237 g/mol. The predicted octanol–water partition coefficient (Wildman–Crippen LogP) is 1.85. The van der Waals surface area contributed by atoms with Gasteiger partial charge in [0.15, 0.2) is 0 Å². The van der Waals surface area contributed by atoms with Crippen LogP contribution in [0.3, 0.4) is 0 Å². The molecule has 0 aromatic heterocycles. The van der Waals surface area contributed by atoms with Crippen LogP contribution in [0.4, 0.5) is 0 Å². The second-order valence-corrected chi connectivity index (χ2v) is 4.18. The van der Waals surface area contributed by atoms with Gasteiger partial charge in [-0.1, -0.05) is 19.1 Å². The van der Waals surface area contributed by atoms with Gasteiger partial charge in [-0.05, 0) is 30.0 Å². The molecule has 0 heterocycles. The van der Waals surface area contributed by atoms with Gasteiger partial charge in [-0.2, -0.15) is 0 Å². The number of methoxy groups -OCH3 is 1. The van der Waals surface area contributed by atoms with Crippen molar-refractivity contribution < 1.29 is 14.6 Å². The van der Waals surface area contributed by atoms with Crippen LogP contribution in [0.2, 0.25) is 0 Å². The molecular formula is C13H19NO3. The topological polar surface area (TPSA) is 72.5 Å². The second-order valence-electron chi connectivity index (χ2n) is 4.18. The zero-order valence-electron chi connectivity index (χ0n) is 10.2. The first-order valence-corrected chi connectivity index (χ1v) is 5.65. The van der Waals surface area contributed by atoms with Crippen molar-refractivity contribution in [2.75, 3.05) is 13.7 Å². The second kappa shape index (κ2) is 6.25. The third kappa shape index (κ3) is 3.75. The maximum Gasteiger partial charge on any atom is 0.307 e. The summed E-state index contributed by atoms with van der Waals surface area (Å²) in [4.78, 5) is 10.9. The summed E-state index contributed by atoms with van der Waals surface area (Å²) < 4.78 is 5.14. The lowest BCUT2D eigenvalue weighted by Crippen LogP contribution is -2.24. The van der Waals surface area contributed by atoms with E-state index in [9.17, 15) is 4.79 Å². The molecule has 0 bridgehead atoms. The van der Waals surface area contributed by atoms with Crippen LogP contribution < -0.4 is 10.5 Å². The summed E-state index contributed by atoms with van der Waals surface area (Å²) in [7, 11) is 1.61. The lowest BCUT2D eigenvalue weighted by molar-refractivity contribution is -0.141. The van der Waals surface area contributed by atoms with E-state index < -0.39 is 11.9 Å². The van der Waals surface area contributed by atoms with Gasteiger partial charge < -0.3 is 15.6 Å². The minimum absolute atomic E-state index is 0.148. The fourth-order valence-corrected chi connectivity index (χ4v) is 1.81. The Kier molecular flexibility index (Phi) is 4.97. The van der Waals surface area contributed by atoms with E-state index >= 15 is 0 Å². The Morgan fingerprint density at radius 2 is 2.24 bits per heavy atom. The van der Waals surface area contributed by atoms with Gasteiger partial charge in [0.2, 0.25) is 0 Å². The molecule has 0 radical (unpaired) electrons. The summed E-state index contributed by atoms with van der Waals surface area (Å²) in [5, 5.41) is 8.97. The number of nitrogens with two attached hydrogens (primary N) is 1. The molecule has 94 valence electrons. The van der Waals surface area contributed by atoms with Crippen LogP contribution >= 0.6 is 0 Å². The molecule has 0 spiro atoms. The van der Waals surface area contributed by atoms with E-state index in [2.05, 4.69) is 0 Å². The molecule has 3 N–H and O–H groups in total. The molecule has 2 atom stereocenters. The van der Waals surface area contributed by atoms with E-state index in [-0.39, 0.29) is 12.5 Å². The fraction of sp³-hybridized carbons (Fsp3) is 0.462. The molecule has 0 aliphatic rings. The zero-order valence-corrected chi connectivity index (χ0v) is 10.2. The van der Waals surface area contributed by atoms with E-state index in [0.717, 1.165) is 11.3 Å². The van der Waals surface area contributed by atoms with Crippen LogP contribution in [0.25, 0.3) is 0 Å².